The predicted octanol–water partition coefficient (Wildman–Crippen LogP) is 4.38. The van der Waals surface area contributed by atoms with Gasteiger partial charge in [0.1, 0.15) is 5.82 Å². The molecule has 0 spiro atoms. The first kappa shape index (κ1) is 16.4. The van der Waals surface area contributed by atoms with Gasteiger partial charge in [0.15, 0.2) is 5.65 Å². The monoisotopic (exact) mass is 367 g/mol. The van der Waals surface area contributed by atoms with Crippen LogP contribution in [0.25, 0.3) is 16.9 Å². The molecule has 2 heterocycles. The Hall–Kier alpha value is -3.12. The van der Waals surface area contributed by atoms with E-state index in [2.05, 4.69) is 15.4 Å². The lowest BCUT2D eigenvalue weighted by molar-refractivity contribution is 0.630. The van der Waals surface area contributed by atoms with Gasteiger partial charge in [-0.1, -0.05) is 41.9 Å². The molecule has 0 radical (unpaired) electrons. The number of nitrogen functional groups attached to an aromatic ring is 1. The molecule has 0 saturated heterocycles. The topological polar surface area (TPSA) is 68.2 Å². The fraction of sp³-hybridized carbons (Fsp3) is 0.0526. The molecule has 2 aromatic carbocycles. The lowest BCUT2D eigenvalue weighted by Gasteiger charge is -2.09. The average Bonchev–Trinajstić information content (AvgIpc) is 3.01. The zero-order valence-corrected chi connectivity index (χ0v) is 14.4. The SMILES string of the molecule is Nc1nc2cccc(-c3ccc(CNc4ccc(Cl)cc4F)cc3)n2n1. The third kappa shape index (κ3) is 3.19. The van der Waals surface area contributed by atoms with Gasteiger partial charge in [-0.2, -0.15) is 4.98 Å². The van der Waals surface area contributed by atoms with Crippen LogP contribution >= 0.6 is 11.6 Å². The highest BCUT2D eigenvalue weighted by Crippen LogP contribution is 2.22. The Morgan fingerprint density at radius 3 is 2.65 bits per heavy atom. The smallest absolute Gasteiger partial charge is 0.240 e. The Balaban J connectivity index is 1.55. The van der Waals surface area contributed by atoms with E-state index in [0.29, 0.717) is 22.9 Å². The summed E-state index contributed by atoms with van der Waals surface area (Å²) in [7, 11) is 0. The van der Waals surface area contributed by atoms with Crippen LogP contribution in [0.3, 0.4) is 0 Å². The number of fused-ring (bicyclic) bond motifs is 1. The van der Waals surface area contributed by atoms with Gasteiger partial charge in [-0.05, 0) is 35.9 Å². The van der Waals surface area contributed by atoms with Crippen molar-refractivity contribution in [2.75, 3.05) is 11.1 Å². The molecular formula is C19H15ClFN5. The molecule has 0 aliphatic rings. The van der Waals surface area contributed by atoms with Gasteiger partial charge in [0, 0.05) is 17.1 Å². The van der Waals surface area contributed by atoms with Crippen LogP contribution in [-0.2, 0) is 6.54 Å². The van der Waals surface area contributed by atoms with Crippen LogP contribution in [0.5, 0.6) is 0 Å². The van der Waals surface area contributed by atoms with Crippen molar-refractivity contribution in [3.8, 4) is 11.3 Å². The largest absolute Gasteiger partial charge is 0.379 e. The molecule has 26 heavy (non-hydrogen) atoms. The number of aromatic nitrogens is 3. The van der Waals surface area contributed by atoms with Crippen LogP contribution in [0, 0.1) is 5.82 Å². The number of hydrogen-bond donors (Lipinski definition) is 2. The fourth-order valence-corrected chi connectivity index (χ4v) is 2.92. The molecular weight excluding hydrogens is 353 g/mol. The second-order valence-electron chi connectivity index (χ2n) is 5.83. The van der Waals surface area contributed by atoms with Crippen LogP contribution in [0.1, 0.15) is 5.56 Å². The van der Waals surface area contributed by atoms with Crippen molar-refractivity contribution < 1.29 is 4.39 Å². The quantitative estimate of drug-likeness (QED) is 0.561. The minimum atomic E-state index is -0.371. The maximum absolute atomic E-state index is 13.8. The number of pyridine rings is 1. The van der Waals surface area contributed by atoms with E-state index in [9.17, 15) is 4.39 Å². The van der Waals surface area contributed by atoms with Crippen LogP contribution in [0.2, 0.25) is 5.02 Å². The van der Waals surface area contributed by atoms with Gasteiger partial charge in [0.25, 0.3) is 0 Å². The molecule has 0 unspecified atom stereocenters. The molecule has 5 nitrogen and oxygen atoms in total. The van der Waals surface area contributed by atoms with E-state index in [1.807, 2.05) is 42.5 Å². The molecule has 130 valence electrons. The second kappa shape index (κ2) is 6.65. The van der Waals surface area contributed by atoms with E-state index >= 15 is 0 Å². The van der Waals surface area contributed by atoms with Gasteiger partial charge >= 0.3 is 0 Å². The van der Waals surface area contributed by atoms with Crippen molar-refractivity contribution in [3.05, 3.63) is 77.1 Å². The number of hydrogen-bond acceptors (Lipinski definition) is 4. The summed E-state index contributed by atoms with van der Waals surface area (Å²) < 4.78 is 15.5. The average molecular weight is 368 g/mol. The predicted molar refractivity (Wildman–Crippen MR) is 102 cm³/mol. The van der Waals surface area contributed by atoms with Gasteiger partial charge in [-0.15, -0.1) is 5.10 Å². The Morgan fingerprint density at radius 1 is 1.08 bits per heavy atom. The zero-order valence-electron chi connectivity index (χ0n) is 13.7. The molecule has 7 heteroatoms. The van der Waals surface area contributed by atoms with E-state index < -0.39 is 0 Å². The fourth-order valence-electron chi connectivity index (χ4n) is 2.76. The minimum Gasteiger partial charge on any atom is -0.379 e. The van der Waals surface area contributed by atoms with Crippen LogP contribution < -0.4 is 11.1 Å². The van der Waals surface area contributed by atoms with Crippen LogP contribution in [0.15, 0.2) is 60.7 Å². The minimum absolute atomic E-state index is 0.239. The van der Waals surface area contributed by atoms with Crippen molar-refractivity contribution in [3.63, 3.8) is 0 Å². The maximum Gasteiger partial charge on any atom is 0.240 e. The Bertz CT molecular complexity index is 1080. The van der Waals surface area contributed by atoms with Crippen molar-refractivity contribution in [2.24, 2.45) is 0 Å². The normalized spacial score (nSPS) is 11.0. The molecule has 0 aliphatic carbocycles. The molecule has 0 amide bonds. The second-order valence-corrected chi connectivity index (χ2v) is 6.26. The molecule has 0 atom stereocenters. The number of halogens is 2. The van der Waals surface area contributed by atoms with E-state index in [1.54, 1.807) is 16.6 Å². The van der Waals surface area contributed by atoms with E-state index in [4.69, 9.17) is 17.3 Å². The highest BCUT2D eigenvalue weighted by atomic mass is 35.5. The lowest BCUT2D eigenvalue weighted by Crippen LogP contribution is -2.01. The Labute approximate surface area is 154 Å². The van der Waals surface area contributed by atoms with E-state index in [1.165, 1.54) is 6.07 Å². The van der Waals surface area contributed by atoms with Crippen molar-refractivity contribution in [2.45, 2.75) is 6.54 Å². The molecule has 4 rings (SSSR count). The summed E-state index contributed by atoms with van der Waals surface area (Å²) in [5, 5.41) is 7.67. The first-order chi connectivity index (χ1) is 12.6. The molecule has 2 aromatic heterocycles. The van der Waals surface area contributed by atoms with Gasteiger partial charge in [0.05, 0.1) is 11.4 Å². The van der Waals surface area contributed by atoms with Crippen molar-refractivity contribution in [1.82, 2.24) is 14.6 Å². The molecule has 0 fully saturated rings. The Kier molecular flexibility index (Phi) is 4.18. The van der Waals surface area contributed by atoms with Crippen LogP contribution in [0.4, 0.5) is 16.0 Å². The van der Waals surface area contributed by atoms with E-state index in [-0.39, 0.29) is 11.8 Å². The molecule has 0 saturated carbocycles. The summed E-state index contributed by atoms with van der Waals surface area (Å²) in [6, 6.07) is 18.2. The van der Waals surface area contributed by atoms with Gasteiger partial charge < -0.3 is 11.1 Å². The van der Waals surface area contributed by atoms with Crippen molar-refractivity contribution in [1.29, 1.82) is 0 Å². The number of nitrogens with one attached hydrogen (secondary N) is 1. The summed E-state index contributed by atoms with van der Waals surface area (Å²) in [5.74, 6) is -0.132. The van der Waals surface area contributed by atoms with Gasteiger partial charge in [0.2, 0.25) is 5.95 Å². The lowest BCUT2D eigenvalue weighted by atomic mass is 10.1. The third-order valence-corrected chi connectivity index (χ3v) is 4.28. The maximum atomic E-state index is 13.8. The number of benzene rings is 2. The summed E-state index contributed by atoms with van der Waals surface area (Å²) in [5.41, 5.74) is 9.71. The Morgan fingerprint density at radius 2 is 1.88 bits per heavy atom. The number of anilines is 2. The van der Waals surface area contributed by atoms with Gasteiger partial charge in [-0.25, -0.2) is 8.91 Å². The third-order valence-electron chi connectivity index (χ3n) is 4.04. The zero-order chi connectivity index (χ0) is 18.1. The van der Waals surface area contributed by atoms with Crippen molar-refractivity contribution >= 4 is 28.9 Å². The molecule has 3 N–H and O–H groups in total. The summed E-state index contributed by atoms with van der Waals surface area (Å²) in [6.07, 6.45) is 0. The highest BCUT2D eigenvalue weighted by Gasteiger charge is 2.07. The summed E-state index contributed by atoms with van der Waals surface area (Å²) in [4.78, 5) is 4.17. The van der Waals surface area contributed by atoms with Crippen LogP contribution in [-0.4, -0.2) is 14.6 Å². The first-order valence-electron chi connectivity index (χ1n) is 8.00. The number of nitrogens with zero attached hydrogens (tertiary/aromatic N) is 3. The van der Waals surface area contributed by atoms with E-state index in [0.717, 1.165) is 16.8 Å². The summed E-state index contributed by atoms with van der Waals surface area (Å²) >= 11 is 5.77. The molecule has 4 aromatic rings. The molecule has 0 bridgehead atoms. The standard InChI is InChI=1S/C19H15ClFN5/c20-14-8-9-16(15(21)10-14)23-11-12-4-6-13(7-5-12)17-2-1-3-18-24-19(22)25-26(17)18/h1-10,23H,11H2,(H2,22,25). The first-order valence-corrected chi connectivity index (χ1v) is 8.37. The number of nitrogens with two attached hydrogens (primary N) is 1. The van der Waals surface area contributed by atoms with Gasteiger partial charge in [-0.3, -0.25) is 0 Å². The molecule has 0 aliphatic heterocycles. The number of rotatable bonds is 4. The summed E-state index contributed by atoms with van der Waals surface area (Å²) in [6.45, 7) is 0.499. The highest BCUT2D eigenvalue weighted by molar-refractivity contribution is 6.30.